The van der Waals surface area contributed by atoms with Crippen LogP contribution in [0.25, 0.3) is 6.08 Å². The maximum atomic E-state index is 12.7. The zero-order chi connectivity index (χ0) is 20.4. The lowest BCUT2D eigenvalue weighted by molar-refractivity contribution is -0.385. The van der Waals surface area contributed by atoms with E-state index >= 15 is 0 Å². The number of aromatic hydroxyl groups is 1. The zero-order valence-corrected chi connectivity index (χ0v) is 15.1. The Morgan fingerprint density at radius 1 is 1.25 bits per heavy atom. The number of phenols is 1. The topological polar surface area (TPSA) is 122 Å². The van der Waals surface area contributed by atoms with Gasteiger partial charge in [0.15, 0.2) is 11.5 Å². The minimum atomic E-state index is -0.686. The highest BCUT2D eigenvalue weighted by molar-refractivity contribution is 6.31. The summed E-state index contributed by atoms with van der Waals surface area (Å²) in [4.78, 5) is 35.4. The highest BCUT2D eigenvalue weighted by atomic mass is 16.6. The summed E-state index contributed by atoms with van der Waals surface area (Å²) in [5.74, 6) is -1.88. The maximum absolute atomic E-state index is 12.7. The molecule has 9 nitrogen and oxygen atoms in total. The predicted octanol–water partition coefficient (Wildman–Crippen LogP) is 2.33. The molecule has 0 atom stereocenters. The maximum Gasteiger partial charge on any atom is 0.282 e. The van der Waals surface area contributed by atoms with E-state index in [1.807, 2.05) is 19.1 Å². The average Bonchev–Trinajstić information content (AvgIpc) is 2.97. The lowest BCUT2D eigenvalue weighted by atomic mass is 10.1. The number of benzene rings is 2. The first-order valence-electron chi connectivity index (χ1n) is 8.37. The fraction of sp³-hybridized carbons (Fsp3) is 0.158. The van der Waals surface area contributed by atoms with Crippen molar-refractivity contribution in [2.24, 2.45) is 0 Å². The van der Waals surface area contributed by atoms with Gasteiger partial charge in [0.05, 0.1) is 23.8 Å². The third kappa shape index (κ3) is 3.37. The number of non-ortho nitro benzene ring substituents is 1. The van der Waals surface area contributed by atoms with Crippen LogP contribution in [-0.2, 0) is 16.0 Å². The number of rotatable bonds is 5. The summed E-state index contributed by atoms with van der Waals surface area (Å²) < 4.78 is 4.93. The van der Waals surface area contributed by atoms with Crippen LogP contribution in [0.15, 0.2) is 42.0 Å². The Labute approximate surface area is 160 Å². The highest BCUT2D eigenvalue weighted by Crippen LogP contribution is 2.36. The molecule has 1 saturated heterocycles. The van der Waals surface area contributed by atoms with E-state index < -0.39 is 22.5 Å². The van der Waals surface area contributed by atoms with Crippen LogP contribution in [0.3, 0.4) is 0 Å². The number of anilines is 1. The van der Waals surface area contributed by atoms with E-state index in [9.17, 15) is 24.8 Å². The molecule has 0 spiro atoms. The molecule has 0 bridgehead atoms. The number of aryl methyl sites for hydroxylation is 1. The smallest absolute Gasteiger partial charge is 0.282 e. The first kappa shape index (κ1) is 18.9. The summed E-state index contributed by atoms with van der Waals surface area (Å²) in [7, 11) is 1.24. The van der Waals surface area contributed by atoms with Gasteiger partial charge >= 0.3 is 0 Å². The van der Waals surface area contributed by atoms with Gasteiger partial charge in [-0.3, -0.25) is 25.1 Å². The highest BCUT2D eigenvalue weighted by Gasteiger charge is 2.35. The van der Waals surface area contributed by atoms with Crippen LogP contribution in [-0.4, -0.2) is 29.0 Å². The van der Waals surface area contributed by atoms with Crippen molar-refractivity contribution in [1.82, 2.24) is 5.43 Å². The molecular formula is C19H17N3O6. The first-order valence-corrected chi connectivity index (χ1v) is 8.37. The molecule has 1 aliphatic heterocycles. The number of carbonyl (C=O) groups is 2. The van der Waals surface area contributed by atoms with E-state index in [2.05, 4.69) is 5.43 Å². The number of nitrogens with zero attached hydrogens (tertiary/aromatic N) is 2. The molecule has 1 aliphatic rings. The molecule has 2 aromatic carbocycles. The Balaban J connectivity index is 2.00. The minimum absolute atomic E-state index is 0.0762. The van der Waals surface area contributed by atoms with Crippen LogP contribution in [0.4, 0.5) is 11.4 Å². The Morgan fingerprint density at radius 2 is 1.93 bits per heavy atom. The average molecular weight is 383 g/mol. The molecule has 0 aliphatic carbocycles. The lowest BCUT2D eigenvalue weighted by Crippen LogP contribution is -2.35. The molecule has 1 heterocycles. The van der Waals surface area contributed by atoms with Crippen molar-refractivity contribution in [3.63, 3.8) is 0 Å². The normalized spacial score (nSPS) is 15.1. The van der Waals surface area contributed by atoms with Crippen molar-refractivity contribution in [3.05, 3.63) is 63.2 Å². The Morgan fingerprint density at radius 3 is 2.50 bits per heavy atom. The number of carbonyl (C=O) groups excluding carboxylic acids is 2. The van der Waals surface area contributed by atoms with E-state index in [1.54, 1.807) is 12.1 Å². The van der Waals surface area contributed by atoms with Crippen molar-refractivity contribution < 1.29 is 24.4 Å². The molecule has 0 radical (unpaired) electrons. The Kier molecular flexibility index (Phi) is 4.99. The van der Waals surface area contributed by atoms with Crippen molar-refractivity contribution in [2.45, 2.75) is 13.3 Å². The number of methoxy groups -OCH3 is 1. The molecule has 28 heavy (non-hydrogen) atoms. The molecular weight excluding hydrogens is 366 g/mol. The van der Waals surface area contributed by atoms with Crippen LogP contribution in [0.2, 0.25) is 0 Å². The van der Waals surface area contributed by atoms with Crippen LogP contribution in [0.1, 0.15) is 18.1 Å². The molecule has 3 rings (SSSR count). The molecule has 2 amide bonds. The van der Waals surface area contributed by atoms with Gasteiger partial charge in [-0.05, 0) is 30.2 Å². The second-order valence-electron chi connectivity index (χ2n) is 6.00. The van der Waals surface area contributed by atoms with Gasteiger partial charge in [0.25, 0.3) is 17.5 Å². The van der Waals surface area contributed by atoms with E-state index in [0.29, 0.717) is 5.69 Å². The van der Waals surface area contributed by atoms with Crippen molar-refractivity contribution in [1.29, 1.82) is 0 Å². The van der Waals surface area contributed by atoms with Gasteiger partial charge in [-0.25, -0.2) is 5.01 Å². The molecule has 2 N–H and O–H groups in total. The summed E-state index contributed by atoms with van der Waals surface area (Å²) in [6, 6.07) is 9.20. The Bertz CT molecular complexity index is 997. The van der Waals surface area contributed by atoms with Gasteiger partial charge in [0.1, 0.15) is 5.57 Å². The third-order valence-corrected chi connectivity index (χ3v) is 4.31. The summed E-state index contributed by atoms with van der Waals surface area (Å²) >= 11 is 0. The standard InChI is InChI=1S/C19H17N3O6/c1-3-11-4-6-13(7-5-11)21-19(25)15(18(24)20-21)9-12-8-14(22(26)27)10-16(28-2)17(12)23/h4-10,23H,3H2,1-2H3,(H,20,24)/b15-9-. The molecule has 2 aromatic rings. The molecule has 0 unspecified atom stereocenters. The van der Waals surface area contributed by atoms with Gasteiger partial charge < -0.3 is 9.84 Å². The van der Waals surface area contributed by atoms with E-state index in [-0.39, 0.29) is 22.6 Å². The molecule has 1 fully saturated rings. The van der Waals surface area contributed by atoms with Gasteiger partial charge in [-0.2, -0.15) is 0 Å². The van der Waals surface area contributed by atoms with Crippen molar-refractivity contribution in [3.8, 4) is 11.5 Å². The number of hydrogen-bond donors (Lipinski definition) is 2. The number of nitro groups is 1. The molecule has 9 heteroatoms. The van der Waals surface area contributed by atoms with Crippen LogP contribution in [0, 0.1) is 10.1 Å². The van der Waals surface area contributed by atoms with E-state index in [4.69, 9.17) is 4.74 Å². The Hall–Kier alpha value is -3.88. The minimum Gasteiger partial charge on any atom is -0.504 e. The third-order valence-electron chi connectivity index (χ3n) is 4.31. The van der Waals surface area contributed by atoms with E-state index in [1.165, 1.54) is 7.11 Å². The summed E-state index contributed by atoms with van der Waals surface area (Å²) in [5, 5.41) is 22.4. The van der Waals surface area contributed by atoms with Crippen LogP contribution in [0.5, 0.6) is 11.5 Å². The number of hydrazine groups is 1. The number of hydrogen-bond acceptors (Lipinski definition) is 6. The lowest BCUT2D eigenvalue weighted by Gasteiger charge is -2.14. The molecule has 0 aromatic heterocycles. The van der Waals surface area contributed by atoms with Crippen molar-refractivity contribution >= 4 is 29.3 Å². The number of nitro benzene ring substituents is 1. The van der Waals surface area contributed by atoms with E-state index in [0.717, 1.165) is 35.2 Å². The number of ether oxygens (including phenoxy) is 1. The van der Waals surface area contributed by atoms with Gasteiger partial charge in [-0.1, -0.05) is 19.1 Å². The van der Waals surface area contributed by atoms with Gasteiger partial charge in [0.2, 0.25) is 0 Å². The molecule has 0 saturated carbocycles. The van der Waals surface area contributed by atoms with Gasteiger partial charge in [0, 0.05) is 11.6 Å². The fourth-order valence-corrected chi connectivity index (χ4v) is 2.76. The second-order valence-corrected chi connectivity index (χ2v) is 6.00. The fourth-order valence-electron chi connectivity index (χ4n) is 2.76. The number of phenolic OH excluding ortho intramolecular Hbond substituents is 1. The summed E-state index contributed by atoms with van der Waals surface area (Å²) in [6.07, 6.45) is 1.93. The van der Waals surface area contributed by atoms with Crippen LogP contribution >= 0.6 is 0 Å². The summed E-state index contributed by atoms with van der Waals surface area (Å²) in [5.41, 5.74) is 3.30. The number of nitrogens with one attached hydrogen (secondary N) is 1. The second kappa shape index (κ2) is 7.39. The van der Waals surface area contributed by atoms with Gasteiger partial charge in [-0.15, -0.1) is 0 Å². The van der Waals surface area contributed by atoms with Crippen molar-refractivity contribution in [2.75, 3.05) is 12.1 Å². The van der Waals surface area contributed by atoms with Crippen LogP contribution < -0.4 is 15.2 Å². The zero-order valence-electron chi connectivity index (χ0n) is 15.1. The predicted molar refractivity (Wildman–Crippen MR) is 101 cm³/mol. The summed E-state index contributed by atoms with van der Waals surface area (Å²) in [6.45, 7) is 2.00. The molecule has 144 valence electrons. The largest absolute Gasteiger partial charge is 0.504 e. The number of amides is 2. The monoisotopic (exact) mass is 383 g/mol. The first-order chi connectivity index (χ1) is 13.3. The quantitative estimate of drug-likeness (QED) is 0.354. The SMILES string of the molecule is CCc1ccc(N2NC(=O)/C(=C/c3cc([N+](=O)[O-])cc(OC)c3O)C2=O)cc1.